The maximum Gasteiger partial charge on any atom is 0.171 e. The Morgan fingerprint density at radius 1 is 1.04 bits per heavy atom. The summed E-state index contributed by atoms with van der Waals surface area (Å²) in [5.41, 5.74) is 3.98. The smallest absolute Gasteiger partial charge is 0.171 e. The van der Waals surface area contributed by atoms with Gasteiger partial charge in [0.25, 0.3) is 0 Å². The lowest BCUT2D eigenvalue weighted by Gasteiger charge is -2.30. The van der Waals surface area contributed by atoms with Gasteiger partial charge in [-0.3, -0.25) is 0 Å². The standard InChI is InChI=1S/C22H38N2S/c1-8-11-15-22(6,7)24-21(25)23-20-18(16(4)9-2)13-12-14-19(20)17(5)10-3/h12-14,16-17H,8-11,15H2,1-7H3,(H2,23,24,25). The maximum atomic E-state index is 5.68. The third-order valence-corrected chi connectivity index (χ3v) is 5.47. The van der Waals surface area contributed by atoms with Crippen molar-refractivity contribution >= 4 is 23.0 Å². The van der Waals surface area contributed by atoms with Crippen LogP contribution in [0.4, 0.5) is 5.69 Å². The minimum absolute atomic E-state index is 0.0158. The van der Waals surface area contributed by atoms with Gasteiger partial charge < -0.3 is 10.6 Å². The molecule has 0 amide bonds. The first-order valence-corrected chi connectivity index (χ1v) is 10.4. The van der Waals surface area contributed by atoms with Crippen LogP contribution in [-0.2, 0) is 0 Å². The van der Waals surface area contributed by atoms with Gasteiger partial charge in [0.05, 0.1) is 0 Å². The third kappa shape index (κ3) is 6.62. The number of thiocarbonyl (C=S) groups is 1. The number of nitrogens with one attached hydrogen (secondary N) is 2. The van der Waals surface area contributed by atoms with Crippen molar-refractivity contribution < 1.29 is 0 Å². The zero-order valence-corrected chi connectivity index (χ0v) is 18.1. The van der Waals surface area contributed by atoms with Crippen LogP contribution in [0.25, 0.3) is 0 Å². The lowest BCUT2D eigenvalue weighted by Crippen LogP contribution is -2.45. The van der Waals surface area contributed by atoms with Gasteiger partial charge in [-0.25, -0.2) is 0 Å². The largest absolute Gasteiger partial charge is 0.358 e. The Labute approximate surface area is 161 Å². The van der Waals surface area contributed by atoms with Crippen molar-refractivity contribution in [2.75, 3.05) is 5.32 Å². The van der Waals surface area contributed by atoms with Crippen LogP contribution in [0.15, 0.2) is 18.2 Å². The topological polar surface area (TPSA) is 24.1 Å². The van der Waals surface area contributed by atoms with Crippen molar-refractivity contribution in [3.8, 4) is 0 Å². The Bertz CT molecular complexity index is 523. The van der Waals surface area contributed by atoms with E-state index in [9.17, 15) is 0 Å². The summed E-state index contributed by atoms with van der Waals surface area (Å²) in [6.07, 6.45) is 5.79. The molecule has 1 aromatic rings. The molecular formula is C22H38N2S. The Morgan fingerprint density at radius 3 is 2.00 bits per heavy atom. The molecule has 0 heterocycles. The van der Waals surface area contributed by atoms with E-state index in [1.54, 1.807) is 0 Å². The lowest BCUT2D eigenvalue weighted by molar-refractivity contribution is 0.411. The number of benzene rings is 1. The number of unbranched alkanes of at least 4 members (excludes halogenated alkanes) is 1. The van der Waals surface area contributed by atoms with Crippen LogP contribution < -0.4 is 10.6 Å². The minimum atomic E-state index is 0.0158. The van der Waals surface area contributed by atoms with E-state index >= 15 is 0 Å². The van der Waals surface area contributed by atoms with E-state index in [2.05, 4.69) is 77.3 Å². The SMILES string of the molecule is CCCCC(C)(C)NC(=S)Nc1c(C(C)CC)cccc1C(C)CC. The van der Waals surface area contributed by atoms with Crippen LogP contribution in [0.3, 0.4) is 0 Å². The van der Waals surface area contributed by atoms with Crippen molar-refractivity contribution in [3.05, 3.63) is 29.3 Å². The zero-order valence-electron chi connectivity index (χ0n) is 17.3. The Hall–Kier alpha value is -1.09. The van der Waals surface area contributed by atoms with Crippen LogP contribution in [0.5, 0.6) is 0 Å². The number of para-hydroxylation sites is 1. The summed E-state index contributed by atoms with van der Waals surface area (Å²) in [4.78, 5) is 0. The molecule has 0 saturated heterocycles. The molecule has 3 heteroatoms. The normalized spacial score (nSPS) is 14.0. The summed E-state index contributed by atoms with van der Waals surface area (Å²) < 4.78 is 0. The molecule has 0 aliphatic heterocycles. The van der Waals surface area contributed by atoms with Crippen molar-refractivity contribution in [2.45, 2.75) is 97.9 Å². The van der Waals surface area contributed by atoms with Gasteiger partial charge in [-0.2, -0.15) is 0 Å². The Morgan fingerprint density at radius 2 is 1.56 bits per heavy atom. The van der Waals surface area contributed by atoms with Crippen LogP contribution in [0.2, 0.25) is 0 Å². The molecule has 2 nitrogen and oxygen atoms in total. The molecule has 1 aromatic carbocycles. The van der Waals surface area contributed by atoms with E-state index in [0.29, 0.717) is 11.8 Å². The second-order valence-electron chi connectivity index (χ2n) is 8.00. The van der Waals surface area contributed by atoms with E-state index < -0.39 is 0 Å². The predicted molar refractivity (Wildman–Crippen MR) is 117 cm³/mol. The summed E-state index contributed by atoms with van der Waals surface area (Å²) in [7, 11) is 0. The summed E-state index contributed by atoms with van der Waals surface area (Å²) in [6.45, 7) is 15.8. The van der Waals surface area contributed by atoms with Crippen LogP contribution >= 0.6 is 12.2 Å². The highest BCUT2D eigenvalue weighted by molar-refractivity contribution is 7.80. The Balaban J connectivity index is 3.07. The molecule has 1 rings (SSSR count). The fourth-order valence-corrected chi connectivity index (χ4v) is 3.51. The van der Waals surface area contributed by atoms with E-state index in [1.165, 1.54) is 29.7 Å². The number of rotatable bonds is 9. The zero-order chi connectivity index (χ0) is 19.0. The molecule has 2 unspecified atom stereocenters. The molecule has 0 spiro atoms. The number of anilines is 1. The van der Waals surface area contributed by atoms with Gasteiger partial charge in [0.2, 0.25) is 0 Å². The molecular weight excluding hydrogens is 324 g/mol. The van der Waals surface area contributed by atoms with Crippen LogP contribution in [-0.4, -0.2) is 10.7 Å². The average molecular weight is 363 g/mol. The van der Waals surface area contributed by atoms with Crippen molar-refractivity contribution in [2.24, 2.45) is 0 Å². The second kappa shape index (κ2) is 10.2. The maximum absolute atomic E-state index is 5.68. The highest BCUT2D eigenvalue weighted by Gasteiger charge is 2.21. The molecule has 0 aliphatic carbocycles. The first-order valence-electron chi connectivity index (χ1n) is 9.97. The van der Waals surface area contributed by atoms with Crippen LogP contribution in [0.1, 0.15) is 104 Å². The number of hydrogen-bond donors (Lipinski definition) is 2. The number of hydrogen-bond acceptors (Lipinski definition) is 1. The quantitative estimate of drug-likeness (QED) is 0.464. The molecule has 142 valence electrons. The predicted octanol–water partition coefficient (Wildman–Crippen LogP) is 6.97. The summed E-state index contributed by atoms with van der Waals surface area (Å²) >= 11 is 5.68. The summed E-state index contributed by atoms with van der Waals surface area (Å²) in [5.74, 6) is 1.03. The van der Waals surface area contributed by atoms with Gasteiger partial charge in [-0.05, 0) is 68.3 Å². The van der Waals surface area contributed by atoms with E-state index in [0.717, 1.165) is 24.4 Å². The molecule has 0 fully saturated rings. The minimum Gasteiger partial charge on any atom is -0.358 e. The van der Waals surface area contributed by atoms with E-state index in [-0.39, 0.29) is 5.54 Å². The molecule has 2 N–H and O–H groups in total. The van der Waals surface area contributed by atoms with Gasteiger partial charge in [0, 0.05) is 11.2 Å². The van der Waals surface area contributed by atoms with Crippen molar-refractivity contribution in [1.82, 2.24) is 5.32 Å². The van der Waals surface area contributed by atoms with Crippen LogP contribution in [0, 0.1) is 0 Å². The monoisotopic (exact) mass is 362 g/mol. The van der Waals surface area contributed by atoms with Gasteiger partial charge in [-0.1, -0.05) is 65.7 Å². The highest BCUT2D eigenvalue weighted by Crippen LogP contribution is 2.35. The molecule has 25 heavy (non-hydrogen) atoms. The molecule has 0 aliphatic rings. The summed E-state index contributed by atoms with van der Waals surface area (Å²) in [6, 6.07) is 6.68. The fourth-order valence-electron chi connectivity index (χ4n) is 3.13. The van der Waals surface area contributed by atoms with Gasteiger partial charge in [0.1, 0.15) is 0 Å². The first-order chi connectivity index (χ1) is 11.8. The van der Waals surface area contributed by atoms with E-state index in [4.69, 9.17) is 12.2 Å². The molecule has 0 saturated carbocycles. The molecule has 2 atom stereocenters. The van der Waals surface area contributed by atoms with E-state index in [1.807, 2.05) is 0 Å². The van der Waals surface area contributed by atoms with Gasteiger partial charge in [-0.15, -0.1) is 0 Å². The third-order valence-electron chi connectivity index (χ3n) is 5.26. The summed E-state index contributed by atoms with van der Waals surface area (Å²) in [5, 5.41) is 7.83. The first kappa shape index (κ1) is 22.0. The average Bonchev–Trinajstić information content (AvgIpc) is 2.58. The van der Waals surface area contributed by atoms with Crippen molar-refractivity contribution in [3.63, 3.8) is 0 Å². The van der Waals surface area contributed by atoms with Gasteiger partial charge >= 0.3 is 0 Å². The molecule has 0 radical (unpaired) electrons. The lowest BCUT2D eigenvalue weighted by atomic mass is 9.89. The van der Waals surface area contributed by atoms with Gasteiger partial charge in [0.15, 0.2) is 5.11 Å². The fraction of sp³-hybridized carbons (Fsp3) is 0.682. The molecule has 0 aromatic heterocycles. The Kier molecular flexibility index (Phi) is 8.92. The molecule has 0 bridgehead atoms. The second-order valence-corrected chi connectivity index (χ2v) is 8.40. The van der Waals surface area contributed by atoms with Crippen molar-refractivity contribution in [1.29, 1.82) is 0 Å². The highest BCUT2D eigenvalue weighted by atomic mass is 32.1.